The van der Waals surface area contributed by atoms with Crippen LogP contribution in [0.1, 0.15) is 0 Å². The second kappa shape index (κ2) is 44.3. The third kappa shape index (κ3) is 465. The topological polar surface area (TPSA) is 75.9 Å². The smallest absolute Gasteiger partial charge is 0 e. The van der Waals surface area contributed by atoms with Crippen LogP contribution in [0.15, 0.2) is 0 Å². The fourth-order valence-electron chi connectivity index (χ4n) is 0. The van der Waals surface area contributed by atoms with E-state index in [-0.39, 0.29) is 22.6 Å². The zero-order chi connectivity index (χ0) is 2.71. The average Bonchev–Trinajstić information content (AvgIpc) is 0.918. The van der Waals surface area contributed by atoms with E-state index in [1.807, 2.05) is 0 Å². The van der Waals surface area contributed by atoms with Crippen LogP contribution in [-0.2, 0) is 21.3 Å². The minimum Gasteiger partial charge on any atom is -0.724 e. The molecule has 0 unspecified atom stereocenters. The van der Waals surface area contributed by atoms with Crippen molar-refractivity contribution in [3.8, 4) is 0 Å². The van der Waals surface area contributed by atoms with E-state index in [0.29, 0.717) is 6.08 Å². The van der Waals surface area contributed by atoms with Crippen molar-refractivity contribution in [2.45, 2.75) is 0 Å². The fraction of sp³-hybridized carbons (Fsp3) is 0. The molecule has 0 rings (SSSR count). The van der Waals surface area contributed by atoms with Gasteiger partial charge in [-0.1, -0.05) is 0 Å². The molecule has 0 heterocycles. The second-order valence-corrected chi connectivity index (χ2v) is 0.0913. The van der Waals surface area contributed by atoms with Crippen molar-refractivity contribution in [2.75, 3.05) is 0 Å². The van der Waals surface area contributed by atoms with Crippen molar-refractivity contribution in [3.05, 3.63) is 5.41 Å². The Labute approximate surface area is 39.8 Å². The summed E-state index contributed by atoms with van der Waals surface area (Å²) in [4.78, 5) is 8.24. The molecule has 4 heteroatoms. The minimum absolute atomic E-state index is 0. The van der Waals surface area contributed by atoms with Crippen molar-refractivity contribution < 1.29 is 21.3 Å². The number of hydrogen-bond donors (Lipinski definition) is 1. The van der Waals surface area contributed by atoms with Crippen LogP contribution in [0, 0.1) is 0 Å². The molecular formula is CH4N2NiO. The van der Waals surface area contributed by atoms with Crippen LogP contribution in [0.4, 0.5) is 0 Å². The van der Waals surface area contributed by atoms with Crippen molar-refractivity contribution in [3.63, 3.8) is 0 Å². The van der Waals surface area contributed by atoms with Crippen LogP contribution in [-0.4, -0.2) is 6.08 Å². The molecule has 0 aliphatic heterocycles. The van der Waals surface area contributed by atoms with Crippen LogP contribution >= 0.6 is 0 Å². The summed E-state index contributed by atoms with van der Waals surface area (Å²) in [6.45, 7) is 0. The predicted octanol–water partition coefficient (Wildman–Crippen LogP) is 0.265. The summed E-state index contributed by atoms with van der Waals surface area (Å²) in [6.07, 6.45) is 0.500. The Morgan fingerprint density at radius 3 is 1.60 bits per heavy atom. The van der Waals surface area contributed by atoms with Gasteiger partial charge in [0.15, 0.2) is 0 Å². The van der Waals surface area contributed by atoms with E-state index in [2.05, 4.69) is 0 Å². The summed E-state index contributed by atoms with van der Waals surface area (Å²) >= 11 is 0. The second-order valence-electron chi connectivity index (χ2n) is 0.0913. The van der Waals surface area contributed by atoms with Crippen LogP contribution in [0.3, 0.4) is 0 Å². The molecule has 5 heavy (non-hydrogen) atoms. The normalized spacial score (nSPS) is 1.60. The molecule has 0 amide bonds. The molecule has 0 bridgehead atoms. The molecule has 0 saturated carbocycles. The van der Waals surface area contributed by atoms with Gasteiger partial charge in [0.05, 0.1) is 0 Å². The number of quaternary nitrogens is 1. The van der Waals surface area contributed by atoms with Crippen LogP contribution in [0.2, 0.25) is 0 Å². The number of rotatable bonds is 0. The molecule has 0 radical (unpaired) electrons. The average molecular weight is 119 g/mol. The molecule has 3 nitrogen and oxygen atoms in total. The zero-order valence-corrected chi connectivity index (χ0v) is 3.66. The van der Waals surface area contributed by atoms with Crippen molar-refractivity contribution in [2.24, 2.45) is 0 Å². The molecule has 0 aromatic carbocycles. The maximum Gasteiger partial charge on any atom is 0 e. The molecule has 0 aromatic rings. The third-order valence-electron chi connectivity index (χ3n) is 0. The van der Waals surface area contributed by atoms with Gasteiger partial charge in [-0.05, 0) is 6.08 Å². The van der Waals surface area contributed by atoms with Gasteiger partial charge < -0.3 is 11.6 Å². The van der Waals surface area contributed by atoms with E-state index < -0.39 is 0 Å². The third-order valence-corrected chi connectivity index (χ3v) is 0. The van der Waals surface area contributed by atoms with Gasteiger partial charge in [0.2, 0.25) is 0 Å². The van der Waals surface area contributed by atoms with Crippen molar-refractivity contribution in [1.82, 2.24) is 6.15 Å². The molecule has 0 aromatic heterocycles. The van der Waals surface area contributed by atoms with Gasteiger partial charge in [0.1, 0.15) is 0 Å². The van der Waals surface area contributed by atoms with Gasteiger partial charge in [0.25, 0.3) is 0 Å². The first kappa shape index (κ1) is 21.1. The number of isocyanates is 1. The van der Waals surface area contributed by atoms with Crippen molar-refractivity contribution >= 4 is 6.08 Å². The maximum absolute atomic E-state index is 8.24. The molecule has 0 fully saturated rings. The number of carbonyl (C=O) groups excluding carboxylic acids is 1. The quantitative estimate of drug-likeness (QED) is 0.277. The van der Waals surface area contributed by atoms with E-state index in [0.717, 1.165) is 0 Å². The first-order valence-corrected chi connectivity index (χ1v) is 0.428. The summed E-state index contributed by atoms with van der Waals surface area (Å²) in [6, 6.07) is 0. The molecule has 0 spiro atoms. The summed E-state index contributed by atoms with van der Waals surface area (Å²) in [7, 11) is 0. The Morgan fingerprint density at radius 2 is 1.60 bits per heavy atom. The van der Waals surface area contributed by atoms with Gasteiger partial charge in [0, 0.05) is 16.5 Å². The molecule has 4 N–H and O–H groups in total. The predicted molar refractivity (Wildman–Crippen MR) is 15.0 cm³/mol. The summed E-state index contributed by atoms with van der Waals surface area (Å²) in [5.41, 5.74) is 0. The minimum atomic E-state index is 0. The van der Waals surface area contributed by atoms with E-state index in [1.165, 1.54) is 0 Å². The summed E-state index contributed by atoms with van der Waals surface area (Å²) in [5, 5.41) is 6.76. The van der Waals surface area contributed by atoms with Gasteiger partial charge in [-0.2, -0.15) is 0 Å². The molecule has 0 aliphatic carbocycles. The molecule has 0 aliphatic rings. The SMILES string of the molecule is [N-]=C=O.[NH4+].[Ni]. The summed E-state index contributed by atoms with van der Waals surface area (Å²) in [5.74, 6) is 0. The first-order chi connectivity index (χ1) is 1.41. The number of nitrogens with zero attached hydrogens (tertiary/aromatic N) is 1. The zero-order valence-electron chi connectivity index (χ0n) is 2.67. The Bertz CT molecular complexity index is 30.6. The van der Waals surface area contributed by atoms with Gasteiger partial charge in [-0.25, -0.2) is 0 Å². The Hall–Kier alpha value is -0.166. The van der Waals surface area contributed by atoms with E-state index in [9.17, 15) is 0 Å². The van der Waals surface area contributed by atoms with Crippen LogP contribution < -0.4 is 6.15 Å². The van der Waals surface area contributed by atoms with Gasteiger partial charge in [-0.3, -0.25) is 4.79 Å². The van der Waals surface area contributed by atoms with E-state index in [1.54, 1.807) is 0 Å². The van der Waals surface area contributed by atoms with Gasteiger partial charge >= 0.3 is 0 Å². The van der Waals surface area contributed by atoms with Gasteiger partial charge in [-0.15, -0.1) is 0 Å². The Kier molecular flexibility index (Phi) is 187. The van der Waals surface area contributed by atoms with Crippen molar-refractivity contribution in [1.29, 1.82) is 0 Å². The van der Waals surface area contributed by atoms with Crippen LogP contribution in [0.5, 0.6) is 0 Å². The van der Waals surface area contributed by atoms with E-state index >= 15 is 0 Å². The largest absolute Gasteiger partial charge is 0.724 e. The van der Waals surface area contributed by atoms with E-state index in [4.69, 9.17) is 10.2 Å². The standard InChI is InChI=1S/CNO.H3N.Ni/c2-1-3;;/h;1H3;/q-1;;/p+1. The molecule has 0 saturated heterocycles. The maximum atomic E-state index is 8.24. The fourth-order valence-corrected chi connectivity index (χ4v) is 0. The number of hydrogen-bond acceptors (Lipinski definition) is 1. The summed E-state index contributed by atoms with van der Waals surface area (Å²) < 4.78 is 0. The molecule has 34 valence electrons. The molecular weight excluding hydrogens is 115 g/mol. The Balaban J connectivity index is -0.0000000200. The van der Waals surface area contributed by atoms with Crippen LogP contribution in [0.25, 0.3) is 5.41 Å². The first-order valence-electron chi connectivity index (χ1n) is 0.428. The monoisotopic (exact) mass is 118 g/mol. The molecule has 0 atom stereocenters. The Morgan fingerprint density at radius 1 is 1.60 bits per heavy atom.